The summed E-state index contributed by atoms with van der Waals surface area (Å²) in [5, 5.41) is 19.6. The average molecular weight is 320 g/mol. The maximum atomic E-state index is 12.3. The summed E-state index contributed by atoms with van der Waals surface area (Å²) in [4.78, 5) is 12.3. The van der Waals surface area contributed by atoms with Gasteiger partial charge < -0.3 is 14.6 Å². The van der Waals surface area contributed by atoms with Crippen molar-refractivity contribution in [3.8, 4) is 6.07 Å². The Kier molecular flexibility index (Phi) is 4.74. The number of allylic oxidation sites excluding steroid dienone is 2. The molecule has 0 saturated heterocycles. The molecule has 1 aliphatic heterocycles. The van der Waals surface area contributed by atoms with Crippen molar-refractivity contribution in [2.24, 2.45) is 0 Å². The molecule has 6 heteroatoms. The monoisotopic (exact) mass is 319 g/mol. The number of benzene rings is 1. The van der Waals surface area contributed by atoms with E-state index in [-0.39, 0.29) is 23.5 Å². The fourth-order valence-corrected chi connectivity index (χ4v) is 2.57. The van der Waals surface area contributed by atoms with Gasteiger partial charge in [0, 0.05) is 5.02 Å². The first-order valence-electron chi connectivity index (χ1n) is 6.64. The van der Waals surface area contributed by atoms with Crippen LogP contribution in [0.1, 0.15) is 25.3 Å². The fourth-order valence-electron chi connectivity index (χ4n) is 2.33. The Morgan fingerprint density at radius 2 is 2.18 bits per heavy atom. The lowest BCUT2D eigenvalue weighted by Crippen LogP contribution is -2.23. The molecule has 1 aromatic rings. The van der Waals surface area contributed by atoms with E-state index in [1.165, 1.54) is 6.92 Å². The van der Waals surface area contributed by atoms with Crippen LogP contribution in [0.5, 0.6) is 0 Å². The average Bonchev–Trinajstić information content (AvgIpc) is 2.47. The highest BCUT2D eigenvalue weighted by molar-refractivity contribution is 6.31. The molecular weight excluding hydrogens is 306 g/mol. The van der Waals surface area contributed by atoms with Crippen LogP contribution in [0.25, 0.3) is 0 Å². The van der Waals surface area contributed by atoms with Crippen LogP contribution in [0.15, 0.2) is 47.1 Å². The van der Waals surface area contributed by atoms with E-state index in [1.807, 2.05) is 6.07 Å². The summed E-state index contributed by atoms with van der Waals surface area (Å²) in [6.07, 6.45) is 0. The number of aliphatic hydroxyl groups excluding tert-OH is 1. The van der Waals surface area contributed by atoms with Crippen LogP contribution in [0.2, 0.25) is 5.02 Å². The Balaban J connectivity index is 2.65. The number of hydrogen-bond acceptors (Lipinski definition) is 5. The summed E-state index contributed by atoms with van der Waals surface area (Å²) in [7, 11) is 0. The lowest BCUT2D eigenvalue weighted by Gasteiger charge is -2.26. The van der Waals surface area contributed by atoms with E-state index >= 15 is 0 Å². The minimum Gasteiger partial charge on any atom is -0.480 e. The number of hydrogen-bond donors (Lipinski definition) is 1. The Hall–Kier alpha value is -2.45. The Morgan fingerprint density at radius 1 is 1.50 bits per heavy atom. The van der Waals surface area contributed by atoms with Gasteiger partial charge in [-0.2, -0.15) is 5.26 Å². The van der Waals surface area contributed by atoms with Crippen LogP contribution in [0.3, 0.4) is 0 Å². The van der Waals surface area contributed by atoms with Gasteiger partial charge in [0.1, 0.15) is 17.4 Å². The molecule has 0 fully saturated rings. The summed E-state index contributed by atoms with van der Waals surface area (Å²) in [6, 6.07) is 8.69. The molecule has 0 spiro atoms. The summed E-state index contributed by atoms with van der Waals surface area (Å²) < 4.78 is 10.1. The third-order valence-electron chi connectivity index (χ3n) is 3.27. The van der Waals surface area contributed by atoms with Crippen molar-refractivity contribution in [2.45, 2.75) is 19.8 Å². The molecular formula is C16H14ClNO4. The highest BCUT2D eigenvalue weighted by Gasteiger charge is 2.37. The van der Waals surface area contributed by atoms with Gasteiger partial charge in [0.2, 0.25) is 0 Å². The first-order valence-corrected chi connectivity index (χ1v) is 7.02. The Morgan fingerprint density at radius 3 is 2.77 bits per heavy atom. The molecule has 1 aromatic carbocycles. The second-order valence-electron chi connectivity index (χ2n) is 4.58. The maximum Gasteiger partial charge on any atom is 0.338 e. The minimum absolute atomic E-state index is 0.0817. The zero-order valence-corrected chi connectivity index (χ0v) is 12.8. The molecule has 0 bridgehead atoms. The molecule has 0 radical (unpaired) electrons. The number of nitriles is 1. The van der Waals surface area contributed by atoms with Crippen LogP contribution in [0, 0.1) is 11.3 Å². The standard InChI is InChI=1S/C16H14ClNO4/c1-3-21-16(20)13-9(2)22-15(19)11(8-18)14(13)10-6-4-5-7-12(10)17/h4-7,14,19H,3H2,1-2H3/t14-/m0/s1. The number of nitrogens with zero attached hydrogens (tertiary/aromatic N) is 1. The van der Waals surface area contributed by atoms with Crippen molar-refractivity contribution < 1.29 is 19.4 Å². The van der Waals surface area contributed by atoms with Gasteiger partial charge in [-0.1, -0.05) is 29.8 Å². The third-order valence-corrected chi connectivity index (χ3v) is 3.61. The second kappa shape index (κ2) is 6.54. The molecule has 1 heterocycles. The van der Waals surface area contributed by atoms with E-state index in [4.69, 9.17) is 21.1 Å². The van der Waals surface area contributed by atoms with E-state index in [9.17, 15) is 15.2 Å². The highest BCUT2D eigenvalue weighted by atomic mass is 35.5. The molecule has 1 aliphatic rings. The quantitative estimate of drug-likeness (QED) is 0.861. The zero-order chi connectivity index (χ0) is 16.3. The SMILES string of the molecule is CCOC(=O)C1=C(C)OC(O)=C(C#N)[C@@H]1c1ccccc1Cl. The van der Waals surface area contributed by atoms with Gasteiger partial charge in [0.25, 0.3) is 5.95 Å². The fraction of sp³-hybridized carbons (Fsp3) is 0.250. The topological polar surface area (TPSA) is 79.6 Å². The van der Waals surface area contributed by atoms with Gasteiger partial charge in [-0.25, -0.2) is 4.79 Å². The molecule has 1 atom stereocenters. The Bertz CT molecular complexity index is 715. The van der Waals surface area contributed by atoms with Crippen LogP contribution in [0.4, 0.5) is 0 Å². The highest BCUT2D eigenvalue weighted by Crippen LogP contribution is 2.42. The molecule has 5 nitrogen and oxygen atoms in total. The van der Waals surface area contributed by atoms with Crippen molar-refractivity contribution >= 4 is 17.6 Å². The lowest BCUT2D eigenvalue weighted by molar-refractivity contribution is -0.139. The largest absolute Gasteiger partial charge is 0.480 e. The summed E-state index contributed by atoms with van der Waals surface area (Å²) in [5.74, 6) is -1.78. The molecule has 0 saturated carbocycles. The first kappa shape index (κ1) is 15.9. The van der Waals surface area contributed by atoms with Gasteiger partial charge >= 0.3 is 5.97 Å². The first-order chi connectivity index (χ1) is 10.5. The van der Waals surface area contributed by atoms with E-state index in [0.717, 1.165) is 0 Å². The maximum absolute atomic E-state index is 12.3. The number of rotatable bonds is 3. The summed E-state index contributed by atoms with van der Waals surface area (Å²) in [5.41, 5.74) is 0.601. The van der Waals surface area contributed by atoms with Gasteiger partial charge in [0.15, 0.2) is 0 Å². The van der Waals surface area contributed by atoms with E-state index in [1.54, 1.807) is 31.2 Å². The van der Waals surface area contributed by atoms with Crippen molar-refractivity contribution in [1.82, 2.24) is 0 Å². The molecule has 0 unspecified atom stereocenters. The number of carbonyl (C=O) groups is 1. The van der Waals surface area contributed by atoms with Gasteiger partial charge in [-0.05, 0) is 25.5 Å². The number of aliphatic hydroxyl groups is 1. The summed E-state index contributed by atoms with van der Waals surface area (Å²) in [6.45, 7) is 3.39. The van der Waals surface area contributed by atoms with Crippen molar-refractivity contribution in [3.63, 3.8) is 0 Å². The van der Waals surface area contributed by atoms with E-state index < -0.39 is 17.8 Å². The van der Waals surface area contributed by atoms with Crippen LogP contribution in [-0.2, 0) is 14.3 Å². The minimum atomic E-state index is -0.827. The van der Waals surface area contributed by atoms with Crippen LogP contribution < -0.4 is 0 Å². The number of carbonyl (C=O) groups excluding carboxylic acids is 1. The second-order valence-corrected chi connectivity index (χ2v) is 4.98. The number of esters is 1. The van der Waals surface area contributed by atoms with Crippen LogP contribution >= 0.6 is 11.6 Å². The smallest absolute Gasteiger partial charge is 0.338 e. The van der Waals surface area contributed by atoms with Gasteiger partial charge in [-0.15, -0.1) is 0 Å². The zero-order valence-electron chi connectivity index (χ0n) is 12.1. The Labute approximate surface area is 133 Å². The van der Waals surface area contributed by atoms with Gasteiger partial charge in [0.05, 0.1) is 18.1 Å². The molecule has 1 N–H and O–H groups in total. The molecule has 0 aliphatic carbocycles. The predicted molar refractivity (Wildman–Crippen MR) is 79.9 cm³/mol. The van der Waals surface area contributed by atoms with Crippen molar-refractivity contribution in [2.75, 3.05) is 6.61 Å². The van der Waals surface area contributed by atoms with E-state index in [0.29, 0.717) is 10.6 Å². The molecule has 22 heavy (non-hydrogen) atoms. The number of ether oxygens (including phenoxy) is 2. The van der Waals surface area contributed by atoms with E-state index in [2.05, 4.69) is 0 Å². The molecule has 0 amide bonds. The lowest BCUT2D eigenvalue weighted by atomic mass is 9.83. The summed E-state index contributed by atoms with van der Waals surface area (Å²) >= 11 is 6.19. The van der Waals surface area contributed by atoms with Crippen molar-refractivity contribution in [1.29, 1.82) is 5.26 Å². The molecule has 114 valence electrons. The molecule has 2 rings (SSSR count). The van der Waals surface area contributed by atoms with Crippen molar-refractivity contribution in [3.05, 3.63) is 57.7 Å². The third kappa shape index (κ3) is 2.78. The molecule has 0 aromatic heterocycles. The number of halogens is 1. The predicted octanol–water partition coefficient (Wildman–Crippen LogP) is 3.58. The van der Waals surface area contributed by atoms with Gasteiger partial charge in [-0.3, -0.25) is 0 Å². The van der Waals surface area contributed by atoms with Crippen LogP contribution in [-0.4, -0.2) is 17.7 Å². The normalized spacial score (nSPS) is 17.8.